The first-order valence-electron chi connectivity index (χ1n) is 5.16. The number of nitrogens with one attached hydrogen (secondary N) is 1. The fourth-order valence-electron chi connectivity index (χ4n) is 1.28. The smallest absolute Gasteiger partial charge is 0.152 e. The number of aromatic nitrogens is 3. The maximum absolute atomic E-state index is 4.38. The van der Waals surface area contributed by atoms with E-state index in [1.54, 1.807) is 0 Å². The fourth-order valence-corrected chi connectivity index (χ4v) is 1.28. The molecule has 1 aliphatic carbocycles. The normalized spacial score (nSPS) is 15.9. The first-order valence-corrected chi connectivity index (χ1v) is 5.16. The van der Waals surface area contributed by atoms with Crippen molar-refractivity contribution < 1.29 is 0 Å². The highest BCUT2D eigenvalue weighted by Crippen LogP contribution is 2.18. The average Bonchev–Trinajstić information content (AvgIpc) is 2.95. The van der Waals surface area contributed by atoms with Crippen molar-refractivity contribution in [3.8, 4) is 0 Å². The molecule has 4 nitrogen and oxygen atoms in total. The summed E-state index contributed by atoms with van der Waals surface area (Å²) >= 11 is 0. The Balaban J connectivity index is 1.85. The van der Waals surface area contributed by atoms with Crippen molar-refractivity contribution in [2.45, 2.75) is 39.2 Å². The predicted octanol–water partition coefficient (Wildman–Crippen LogP) is 0.783. The molecule has 0 atom stereocenters. The highest BCUT2D eigenvalue weighted by Gasteiger charge is 2.19. The first kappa shape index (κ1) is 9.52. The van der Waals surface area contributed by atoms with Gasteiger partial charge in [0.2, 0.25) is 0 Å². The summed E-state index contributed by atoms with van der Waals surface area (Å²) in [6.45, 7) is 4.87. The molecular weight excluding hydrogens is 176 g/mol. The van der Waals surface area contributed by atoms with Crippen molar-refractivity contribution in [3.63, 3.8) is 0 Å². The van der Waals surface area contributed by atoms with Gasteiger partial charge in [0, 0.05) is 19.0 Å². The lowest BCUT2D eigenvalue weighted by atomic mass is 10.3. The van der Waals surface area contributed by atoms with Crippen LogP contribution in [0.15, 0.2) is 0 Å². The Hall–Kier alpha value is -1.03. The molecular formula is C10H16N4. The van der Waals surface area contributed by atoms with E-state index in [-0.39, 0.29) is 0 Å². The molecule has 1 N–H and O–H groups in total. The van der Waals surface area contributed by atoms with Crippen molar-refractivity contribution in [1.82, 2.24) is 20.5 Å². The van der Waals surface area contributed by atoms with Gasteiger partial charge in [0.15, 0.2) is 5.82 Å². The van der Waals surface area contributed by atoms with Crippen molar-refractivity contribution >= 4 is 0 Å². The van der Waals surface area contributed by atoms with E-state index in [4.69, 9.17) is 0 Å². The Labute approximate surface area is 84.2 Å². The predicted molar refractivity (Wildman–Crippen MR) is 54.0 cm³/mol. The molecule has 4 heteroatoms. The lowest BCUT2D eigenvalue weighted by Gasteiger charge is -2.02. The lowest BCUT2D eigenvalue weighted by Crippen LogP contribution is -2.20. The monoisotopic (exact) mass is 192 g/mol. The summed E-state index contributed by atoms with van der Waals surface area (Å²) in [6.07, 6.45) is 3.53. The average molecular weight is 192 g/mol. The van der Waals surface area contributed by atoms with Crippen LogP contribution >= 0.6 is 0 Å². The van der Waals surface area contributed by atoms with Gasteiger partial charge in [0.05, 0.1) is 11.4 Å². The number of aryl methyl sites for hydroxylation is 2. The molecule has 1 saturated carbocycles. The van der Waals surface area contributed by atoms with E-state index in [0.29, 0.717) is 0 Å². The fraction of sp³-hybridized carbons (Fsp3) is 0.700. The zero-order valence-corrected chi connectivity index (χ0v) is 8.75. The van der Waals surface area contributed by atoms with Crippen molar-refractivity contribution in [1.29, 1.82) is 0 Å². The maximum Gasteiger partial charge on any atom is 0.152 e. The molecule has 1 heterocycles. The number of rotatable bonds is 4. The van der Waals surface area contributed by atoms with Gasteiger partial charge in [-0.15, -0.1) is 5.10 Å². The highest BCUT2D eigenvalue weighted by atomic mass is 15.2. The molecule has 1 fully saturated rings. The molecule has 0 saturated heterocycles. The third-order valence-electron chi connectivity index (χ3n) is 2.49. The van der Waals surface area contributed by atoms with E-state index >= 15 is 0 Å². The van der Waals surface area contributed by atoms with Crippen LogP contribution < -0.4 is 5.32 Å². The second-order valence-corrected chi connectivity index (χ2v) is 3.88. The van der Waals surface area contributed by atoms with Gasteiger partial charge in [-0.25, -0.2) is 4.98 Å². The molecule has 0 radical (unpaired) electrons. The van der Waals surface area contributed by atoms with Crippen molar-refractivity contribution in [3.05, 3.63) is 17.2 Å². The molecule has 1 aromatic heterocycles. The number of hydrogen-bond acceptors (Lipinski definition) is 4. The summed E-state index contributed by atoms with van der Waals surface area (Å²) in [5.74, 6) is 0.848. The minimum atomic E-state index is 0.759. The standard InChI is InChI=1S/C10H16N4/c1-7-8(2)13-14-10(12-7)5-6-11-9-3-4-9/h9,11H,3-6H2,1-2H3. The molecule has 0 aromatic carbocycles. The summed E-state index contributed by atoms with van der Waals surface area (Å²) in [6, 6.07) is 0.759. The zero-order valence-electron chi connectivity index (χ0n) is 8.75. The van der Waals surface area contributed by atoms with E-state index in [1.807, 2.05) is 13.8 Å². The Morgan fingerprint density at radius 3 is 2.64 bits per heavy atom. The summed E-state index contributed by atoms with van der Waals surface area (Å²) in [7, 11) is 0. The molecule has 1 aliphatic rings. The quantitative estimate of drug-likeness (QED) is 0.766. The van der Waals surface area contributed by atoms with Crippen LogP contribution in [0.4, 0.5) is 0 Å². The molecule has 14 heavy (non-hydrogen) atoms. The summed E-state index contributed by atoms with van der Waals surface area (Å²) in [5, 5.41) is 11.5. The van der Waals surface area contributed by atoms with Gasteiger partial charge in [0.1, 0.15) is 0 Å². The van der Waals surface area contributed by atoms with E-state index in [1.165, 1.54) is 12.8 Å². The number of nitrogens with zero attached hydrogens (tertiary/aromatic N) is 3. The minimum absolute atomic E-state index is 0.759. The van der Waals surface area contributed by atoms with Crippen molar-refractivity contribution in [2.24, 2.45) is 0 Å². The second kappa shape index (κ2) is 4.00. The van der Waals surface area contributed by atoms with Gasteiger partial charge < -0.3 is 5.32 Å². The Morgan fingerprint density at radius 1 is 1.21 bits per heavy atom. The van der Waals surface area contributed by atoms with Crippen LogP contribution in [0.5, 0.6) is 0 Å². The lowest BCUT2D eigenvalue weighted by molar-refractivity contribution is 0.654. The third kappa shape index (κ3) is 2.48. The topological polar surface area (TPSA) is 50.7 Å². The van der Waals surface area contributed by atoms with Crippen LogP contribution in [-0.4, -0.2) is 27.8 Å². The summed E-state index contributed by atoms with van der Waals surface area (Å²) in [4.78, 5) is 4.38. The first-order chi connectivity index (χ1) is 6.75. The van der Waals surface area contributed by atoms with E-state index in [9.17, 15) is 0 Å². The minimum Gasteiger partial charge on any atom is -0.314 e. The van der Waals surface area contributed by atoms with Gasteiger partial charge in [-0.1, -0.05) is 0 Å². The van der Waals surface area contributed by atoms with Gasteiger partial charge in [0.25, 0.3) is 0 Å². The van der Waals surface area contributed by atoms with Gasteiger partial charge >= 0.3 is 0 Å². The van der Waals surface area contributed by atoms with Crippen LogP contribution in [0.1, 0.15) is 30.1 Å². The van der Waals surface area contributed by atoms with Crippen LogP contribution in [0.2, 0.25) is 0 Å². The maximum atomic E-state index is 4.38. The van der Waals surface area contributed by atoms with Gasteiger partial charge in [-0.05, 0) is 26.7 Å². The van der Waals surface area contributed by atoms with Crippen LogP contribution in [0, 0.1) is 13.8 Å². The van der Waals surface area contributed by atoms with Crippen LogP contribution in [0.25, 0.3) is 0 Å². The molecule has 0 bridgehead atoms. The van der Waals surface area contributed by atoms with Gasteiger partial charge in [-0.2, -0.15) is 5.10 Å². The van der Waals surface area contributed by atoms with E-state index in [2.05, 4.69) is 20.5 Å². The molecule has 1 aromatic rings. The Kier molecular flexibility index (Phi) is 2.72. The van der Waals surface area contributed by atoms with Crippen LogP contribution in [-0.2, 0) is 6.42 Å². The highest BCUT2D eigenvalue weighted by molar-refractivity contribution is 5.05. The van der Waals surface area contributed by atoms with E-state index < -0.39 is 0 Å². The molecule has 0 aliphatic heterocycles. The SMILES string of the molecule is Cc1nnc(CCNC2CC2)nc1C. The summed E-state index contributed by atoms with van der Waals surface area (Å²) < 4.78 is 0. The van der Waals surface area contributed by atoms with Crippen molar-refractivity contribution in [2.75, 3.05) is 6.54 Å². The molecule has 0 spiro atoms. The molecule has 0 amide bonds. The Morgan fingerprint density at radius 2 is 2.00 bits per heavy atom. The second-order valence-electron chi connectivity index (χ2n) is 3.88. The molecule has 76 valence electrons. The van der Waals surface area contributed by atoms with Gasteiger partial charge in [-0.3, -0.25) is 0 Å². The largest absolute Gasteiger partial charge is 0.314 e. The van der Waals surface area contributed by atoms with Crippen LogP contribution in [0.3, 0.4) is 0 Å². The number of hydrogen-bond donors (Lipinski definition) is 1. The van der Waals surface area contributed by atoms with E-state index in [0.717, 1.165) is 36.2 Å². The Bertz CT molecular complexity index is 320. The zero-order chi connectivity index (χ0) is 9.97. The molecule has 2 rings (SSSR count). The summed E-state index contributed by atoms with van der Waals surface area (Å²) in [5.41, 5.74) is 1.91. The third-order valence-corrected chi connectivity index (χ3v) is 2.49. The molecule has 0 unspecified atom stereocenters.